The van der Waals surface area contributed by atoms with Crippen LogP contribution in [0.15, 0.2) is 35.0 Å². The number of halogens is 1. The van der Waals surface area contributed by atoms with Crippen LogP contribution in [0.2, 0.25) is 5.02 Å². The molecule has 0 saturated carbocycles. The third-order valence-electron chi connectivity index (χ3n) is 2.76. The fraction of sp³-hybridized carbons (Fsp3) is 0.0833. The Bertz CT molecular complexity index is 699. The van der Waals surface area contributed by atoms with Gasteiger partial charge in [0.25, 0.3) is 0 Å². The number of aromatic nitrogens is 2. The van der Waals surface area contributed by atoms with Crippen molar-refractivity contribution in [3.63, 3.8) is 0 Å². The first kappa shape index (κ1) is 10.2. The number of anilines is 1. The third-order valence-corrected chi connectivity index (χ3v) is 3.06. The van der Waals surface area contributed by atoms with Crippen LogP contribution in [-0.4, -0.2) is 9.72 Å². The monoisotopic (exact) mass is 247 g/mol. The molecule has 0 fully saturated rings. The Balaban J connectivity index is 2.35. The van der Waals surface area contributed by atoms with E-state index in [1.165, 1.54) is 0 Å². The highest BCUT2D eigenvalue weighted by Crippen LogP contribution is 2.33. The lowest BCUT2D eigenvalue weighted by Gasteiger charge is -1.97. The van der Waals surface area contributed by atoms with Gasteiger partial charge in [0.1, 0.15) is 5.69 Å². The second-order valence-electron chi connectivity index (χ2n) is 3.90. The molecule has 0 bridgehead atoms. The summed E-state index contributed by atoms with van der Waals surface area (Å²) < 4.78 is 6.86. The summed E-state index contributed by atoms with van der Waals surface area (Å²) in [5, 5.41) is 5.67. The number of nitrogens with zero attached hydrogens (tertiary/aromatic N) is 2. The minimum Gasteiger partial charge on any atom is -0.368 e. The highest BCUT2D eigenvalue weighted by Gasteiger charge is 2.13. The Labute approximate surface area is 103 Å². The molecule has 0 spiro atoms. The van der Waals surface area contributed by atoms with Crippen molar-refractivity contribution in [1.29, 1.82) is 0 Å². The lowest BCUT2D eigenvalue weighted by Crippen LogP contribution is -1.83. The molecule has 3 aromatic rings. The van der Waals surface area contributed by atoms with Crippen molar-refractivity contribution in [1.82, 2.24) is 9.72 Å². The number of nitrogen functional groups attached to an aromatic ring is 1. The van der Waals surface area contributed by atoms with Crippen molar-refractivity contribution in [2.24, 2.45) is 7.05 Å². The summed E-state index contributed by atoms with van der Waals surface area (Å²) in [6, 6.07) is 7.49. The number of benzene rings is 1. The van der Waals surface area contributed by atoms with Crippen molar-refractivity contribution in [3.05, 3.63) is 35.5 Å². The second-order valence-corrected chi connectivity index (χ2v) is 4.31. The Kier molecular flexibility index (Phi) is 2.12. The van der Waals surface area contributed by atoms with Crippen LogP contribution in [0.3, 0.4) is 0 Å². The summed E-state index contributed by atoms with van der Waals surface area (Å²) in [5.41, 5.74) is 8.19. The fourth-order valence-electron chi connectivity index (χ4n) is 2.04. The highest BCUT2D eigenvalue weighted by molar-refractivity contribution is 6.35. The van der Waals surface area contributed by atoms with Crippen molar-refractivity contribution in [2.45, 2.75) is 0 Å². The Morgan fingerprint density at radius 2 is 2.24 bits per heavy atom. The smallest absolute Gasteiger partial charge is 0.222 e. The van der Waals surface area contributed by atoms with Crippen LogP contribution in [0.25, 0.3) is 22.2 Å². The van der Waals surface area contributed by atoms with Gasteiger partial charge in [-0.3, -0.25) is 0 Å². The van der Waals surface area contributed by atoms with E-state index in [0.717, 1.165) is 22.2 Å². The molecule has 0 amide bonds. The van der Waals surface area contributed by atoms with E-state index in [2.05, 4.69) is 5.16 Å². The number of aryl methyl sites for hydroxylation is 1. The molecule has 0 aliphatic heterocycles. The fourth-order valence-corrected chi connectivity index (χ4v) is 2.35. The summed E-state index contributed by atoms with van der Waals surface area (Å²) in [6.45, 7) is 0. The Morgan fingerprint density at radius 3 is 2.94 bits per heavy atom. The van der Waals surface area contributed by atoms with E-state index in [1.54, 1.807) is 6.07 Å². The maximum absolute atomic E-state index is 6.18. The van der Waals surface area contributed by atoms with E-state index in [1.807, 2.05) is 36.0 Å². The minimum absolute atomic E-state index is 0.305. The quantitative estimate of drug-likeness (QED) is 0.719. The summed E-state index contributed by atoms with van der Waals surface area (Å²) >= 11 is 6.18. The maximum Gasteiger partial charge on any atom is 0.222 e. The van der Waals surface area contributed by atoms with Crippen molar-refractivity contribution < 1.29 is 4.52 Å². The summed E-state index contributed by atoms with van der Waals surface area (Å²) in [4.78, 5) is 0. The molecule has 86 valence electrons. The van der Waals surface area contributed by atoms with E-state index in [0.29, 0.717) is 10.9 Å². The molecule has 0 radical (unpaired) electrons. The van der Waals surface area contributed by atoms with Crippen molar-refractivity contribution in [3.8, 4) is 11.3 Å². The molecule has 0 aliphatic rings. The normalized spacial score (nSPS) is 11.2. The first-order valence-corrected chi connectivity index (χ1v) is 5.50. The molecule has 2 heterocycles. The van der Waals surface area contributed by atoms with Gasteiger partial charge in [0, 0.05) is 30.3 Å². The summed E-state index contributed by atoms with van der Waals surface area (Å²) in [6.07, 6.45) is 1.97. The van der Waals surface area contributed by atoms with Gasteiger partial charge >= 0.3 is 0 Å². The highest BCUT2D eigenvalue weighted by atomic mass is 35.5. The number of rotatable bonds is 1. The van der Waals surface area contributed by atoms with Gasteiger partial charge in [0.15, 0.2) is 0 Å². The first-order valence-electron chi connectivity index (χ1n) is 5.13. The van der Waals surface area contributed by atoms with E-state index in [4.69, 9.17) is 21.9 Å². The molecule has 17 heavy (non-hydrogen) atoms. The van der Waals surface area contributed by atoms with Gasteiger partial charge in [0.2, 0.25) is 5.88 Å². The standard InChI is InChI=1S/C12H10ClN3O/c1-16-6-8(10-5-11(14)17-15-10)7-3-2-4-9(13)12(7)16/h2-6H,14H2,1H3. The van der Waals surface area contributed by atoms with Crippen LogP contribution in [0.4, 0.5) is 5.88 Å². The minimum atomic E-state index is 0.305. The van der Waals surface area contributed by atoms with Gasteiger partial charge in [-0.1, -0.05) is 28.9 Å². The van der Waals surface area contributed by atoms with E-state index in [-0.39, 0.29) is 0 Å². The largest absolute Gasteiger partial charge is 0.368 e. The number of nitrogens with two attached hydrogens (primary N) is 1. The maximum atomic E-state index is 6.18. The van der Waals surface area contributed by atoms with Crippen LogP contribution in [-0.2, 0) is 7.05 Å². The molecular weight excluding hydrogens is 238 g/mol. The average molecular weight is 248 g/mol. The van der Waals surface area contributed by atoms with E-state index < -0.39 is 0 Å². The lowest BCUT2D eigenvalue weighted by atomic mass is 10.1. The van der Waals surface area contributed by atoms with Gasteiger partial charge in [-0.25, -0.2) is 0 Å². The van der Waals surface area contributed by atoms with Crippen LogP contribution < -0.4 is 5.73 Å². The molecule has 0 atom stereocenters. The van der Waals surface area contributed by atoms with Gasteiger partial charge in [-0.15, -0.1) is 0 Å². The zero-order chi connectivity index (χ0) is 12.0. The molecule has 3 rings (SSSR count). The third kappa shape index (κ3) is 1.49. The van der Waals surface area contributed by atoms with Crippen LogP contribution in [0.5, 0.6) is 0 Å². The second kappa shape index (κ2) is 3.53. The predicted octanol–water partition coefficient (Wildman–Crippen LogP) is 3.07. The molecule has 2 aromatic heterocycles. The Morgan fingerprint density at radius 1 is 1.41 bits per heavy atom. The van der Waals surface area contributed by atoms with Crippen LogP contribution in [0.1, 0.15) is 0 Å². The molecule has 5 heteroatoms. The number of fused-ring (bicyclic) bond motifs is 1. The molecule has 0 unspecified atom stereocenters. The number of hydrogen-bond donors (Lipinski definition) is 1. The molecule has 2 N–H and O–H groups in total. The van der Waals surface area contributed by atoms with Gasteiger partial charge in [0.05, 0.1) is 10.5 Å². The topological polar surface area (TPSA) is 57.0 Å². The predicted molar refractivity (Wildman–Crippen MR) is 67.8 cm³/mol. The van der Waals surface area contributed by atoms with Gasteiger partial charge < -0.3 is 14.8 Å². The molecule has 4 nitrogen and oxygen atoms in total. The molecule has 0 saturated heterocycles. The summed E-state index contributed by atoms with van der Waals surface area (Å²) in [5.74, 6) is 0.305. The van der Waals surface area contributed by atoms with Crippen LogP contribution >= 0.6 is 11.6 Å². The summed E-state index contributed by atoms with van der Waals surface area (Å²) in [7, 11) is 1.95. The van der Waals surface area contributed by atoms with Crippen molar-refractivity contribution >= 4 is 28.4 Å². The van der Waals surface area contributed by atoms with Crippen molar-refractivity contribution in [2.75, 3.05) is 5.73 Å². The number of hydrogen-bond acceptors (Lipinski definition) is 3. The zero-order valence-electron chi connectivity index (χ0n) is 9.14. The average Bonchev–Trinajstić information content (AvgIpc) is 2.84. The zero-order valence-corrected chi connectivity index (χ0v) is 9.90. The lowest BCUT2D eigenvalue weighted by molar-refractivity contribution is 0.439. The molecular formula is C12H10ClN3O. The number of para-hydroxylation sites is 1. The SMILES string of the molecule is Cn1cc(-c2cc(N)on2)c2cccc(Cl)c21. The Hall–Kier alpha value is -1.94. The molecule has 0 aliphatic carbocycles. The van der Waals surface area contributed by atoms with E-state index in [9.17, 15) is 0 Å². The first-order chi connectivity index (χ1) is 8.16. The molecule has 1 aromatic carbocycles. The van der Waals surface area contributed by atoms with Crippen LogP contribution in [0, 0.1) is 0 Å². The van der Waals surface area contributed by atoms with Gasteiger partial charge in [-0.05, 0) is 6.07 Å². The van der Waals surface area contributed by atoms with E-state index >= 15 is 0 Å². The van der Waals surface area contributed by atoms with Gasteiger partial charge in [-0.2, -0.15) is 0 Å².